The van der Waals surface area contributed by atoms with Gasteiger partial charge in [0.15, 0.2) is 5.11 Å². The number of hydrazine groups is 1. The first-order valence-corrected chi connectivity index (χ1v) is 7.07. The van der Waals surface area contributed by atoms with Gasteiger partial charge in [0, 0.05) is 0 Å². The number of nitrogens with one attached hydrogen (secondary N) is 2. The summed E-state index contributed by atoms with van der Waals surface area (Å²) in [5, 5.41) is -0.116. The standard InChI is InChI=1S/C10H13N3O2S2/c11-10(16)12-13-17(14,15)9-5-4-7-2-1-3-8(7)6-9/h4-6,13H,1-3H2,(H3,11,12,16). The molecule has 0 bridgehead atoms. The largest absolute Gasteiger partial charge is 0.375 e. The number of nitrogens with two attached hydrogens (primary N) is 1. The van der Waals surface area contributed by atoms with E-state index in [4.69, 9.17) is 5.73 Å². The molecular weight excluding hydrogens is 258 g/mol. The summed E-state index contributed by atoms with van der Waals surface area (Å²) < 4.78 is 23.7. The number of hydrogen-bond acceptors (Lipinski definition) is 3. The monoisotopic (exact) mass is 271 g/mol. The topological polar surface area (TPSA) is 84.2 Å². The summed E-state index contributed by atoms with van der Waals surface area (Å²) in [4.78, 5) is 2.35. The molecule has 5 nitrogen and oxygen atoms in total. The summed E-state index contributed by atoms with van der Waals surface area (Å²) in [6, 6.07) is 5.15. The van der Waals surface area contributed by atoms with Crippen molar-refractivity contribution in [3.8, 4) is 0 Å². The van der Waals surface area contributed by atoms with Gasteiger partial charge in [0.25, 0.3) is 10.0 Å². The number of fused-ring (bicyclic) bond motifs is 1. The minimum absolute atomic E-state index is 0.116. The van der Waals surface area contributed by atoms with Crippen LogP contribution in [0.15, 0.2) is 23.1 Å². The van der Waals surface area contributed by atoms with E-state index < -0.39 is 10.0 Å². The molecule has 1 aromatic rings. The van der Waals surface area contributed by atoms with Gasteiger partial charge in [0.05, 0.1) is 4.90 Å². The molecule has 0 aliphatic heterocycles. The third-order valence-corrected chi connectivity index (χ3v) is 4.04. The number of rotatable bonds is 3. The third-order valence-electron chi connectivity index (χ3n) is 2.69. The van der Waals surface area contributed by atoms with E-state index in [0.29, 0.717) is 0 Å². The van der Waals surface area contributed by atoms with Crippen LogP contribution in [0.4, 0.5) is 0 Å². The van der Waals surface area contributed by atoms with Gasteiger partial charge in [0.2, 0.25) is 0 Å². The van der Waals surface area contributed by atoms with Gasteiger partial charge in [-0.1, -0.05) is 6.07 Å². The lowest BCUT2D eigenvalue weighted by atomic mass is 10.1. The Morgan fingerprint density at radius 2 is 2.00 bits per heavy atom. The van der Waals surface area contributed by atoms with Gasteiger partial charge in [-0.25, -0.2) is 8.42 Å². The molecule has 2 rings (SSSR count). The van der Waals surface area contributed by atoms with Crippen molar-refractivity contribution in [2.75, 3.05) is 0 Å². The zero-order chi connectivity index (χ0) is 12.5. The Balaban J connectivity index is 2.24. The maximum atomic E-state index is 11.8. The molecule has 92 valence electrons. The van der Waals surface area contributed by atoms with Crippen LogP contribution in [0.5, 0.6) is 0 Å². The lowest BCUT2D eigenvalue weighted by molar-refractivity contribution is 0.577. The average Bonchev–Trinajstić information content (AvgIpc) is 2.73. The van der Waals surface area contributed by atoms with Crippen LogP contribution in [0.25, 0.3) is 0 Å². The Morgan fingerprint density at radius 3 is 2.71 bits per heavy atom. The molecule has 0 saturated heterocycles. The second-order valence-electron chi connectivity index (χ2n) is 3.88. The van der Waals surface area contributed by atoms with E-state index in [2.05, 4.69) is 22.5 Å². The summed E-state index contributed by atoms with van der Waals surface area (Å²) in [6.07, 6.45) is 3.03. The molecule has 0 atom stereocenters. The molecule has 1 aliphatic rings. The predicted octanol–water partition coefficient (Wildman–Crippen LogP) is 0.202. The maximum Gasteiger partial charge on any atom is 0.257 e. The van der Waals surface area contributed by atoms with Crippen molar-refractivity contribution >= 4 is 27.4 Å². The molecule has 7 heteroatoms. The highest BCUT2D eigenvalue weighted by Gasteiger charge is 2.18. The van der Waals surface area contributed by atoms with E-state index in [-0.39, 0.29) is 10.0 Å². The molecule has 1 aliphatic carbocycles. The zero-order valence-electron chi connectivity index (χ0n) is 9.06. The SMILES string of the molecule is NC(=S)NNS(=O)(=O)c1ccc2c(c1)CCC2. The first kappa shape index (κ1) is 12.3. The van der Waals surface area contributed by atoms with E-state index in [1.807, 2.05) is 6.07 Å². The molecule has 0 amide bonds. The predicted molar refractivity (Wildman–Crippen MR) is 68.7 cm³/mol. The van der Waals surface area contributed by atoms with Gasteiger partial charge in [-0.15, -0.1) is 4.83 Å². The van der Waals surface area contributed by atoms with Gasteiger partial charge in [-0.05, 0) is 54.7 Å². The molecule has 0 unspecified atom stereocenters. The molecule has 0 aromatic heterocycles. The van der Waals surface area contributed by atoms with E-state index >= 15 is 0 Å². The van der Waals surface area contributed by atoms with Crippen LogP contribution in [0.2, 0.25) is 0 Å². The Labute approximate surface area is 105 Å². The van der Waals surface area contributed by atoms with Crippen molar-refractivity contribution in [3.63, 3.8) is 0 Å². The maximum absolute atomic E-state index is 11.8. The summed E-state index contributed by atoms with van der Waals surface area (Å²) in [6.45, 7) is 0. The first-order valence-electron chi connectivity index (χ1n) is 5.18. The van der Waals surface area contributed by atoms with Gasteiger partial charge in [-0.2, -0.15) is 0 Å². The van der Waals surface area contributed by atoms with Crippen LogP contribution in [0, 0.1) is 0 Å². The molecule has 17 heavy (non-hydrogen) atoms. The van der Waals surface area contributed by atoms with Crippen LogP contribution in [-0.4, -0.2) is 13.5 Å². The number of thiocarbonyl (C=S) groups is 1. The second-order valence-corrected chi connectivity index (χ2v) is 6.00. The molecule has 4 N–H and O–H groups in total. The van der Waals surface area contributed by atoms with Crippen LogP contribution in [0.3, 0.4) is 0 Å². The molecule has 0 radical (unpaired) electrons. The van der Waals surface area contributed by atoms with E-state index in [1.54, 1.807) is 12.1 Å². The molecule has 0 spiro atoms. The number of aryl methyl sites for hydroxylation is 2. The Kier molecular flexibility index (Phi) is 3.32. The first-order chi connectivity index (χ1) is 7.99. The van der Waals surface area contributed by atoms with Crippen molar-refractivity contribution in [1.82, 2.24) is 10.3 Å². The molecule has 0 fully saturated rings. The normalized spacial score (nSPS) is 14.4. The third kappa shape index (κ3) is 2.74. The van der Waals surface area contributed by atoms with Crippen molar-refractivity contribution in [1.29, 1.82) is 0 Å². The lowest BCUT2D eigenvalue weighted by Crippen LogP contribution is -2.44. The average molecular weight is 271 g/mol. The number of hydrogen-bond donors (Lipinski definition) is 3. The van der Waals surface area contributed by atoms with Gasteiger partial charge >= 0.3 is 0 Å². The highest BCUT2D eigenvalue weighted by atomic mass is 32.2. The Hall–Kier alpha value is -1.18. The highest BCUT2D eigenvalue weighted by molar-refractivity contribution is 7.89. The van der Waals surface area contributed by atoms with Crippen molar-refractivity contribution in [2.45, 2.75) is 24.2 Å². The van der Waals surface area contributed by atoms with Gasteiger partial charge in [0.1, 0.15) is 0 Å². The van der Waals surface area contributed by atoms with E-state index in [0.717, 1.165) is 24.8 Å². The van der Waals surface area contributed by atoms with Crippen LogP contribution >= 0.6 is 12.2 Å². The molecule has 0 heterocycles. The van der Waals surface area contributed by atoms with Crippen LogP contribution in [-0.2, 0) is 22.9 Å². The molecule has 0 saturated carbocycles. The quantitative estimate of drug-likeness (QED) is 0.540. The minimum atomic E-state index is -3.61. The van der Waals surface area contributed by atoms with E-state index in [1.165, 1.54) is 5.56 Å². The molecule has 1 aromatic carbocycles. The van der Waals surface area contributed by atoms with Crippen molar-refractivity contribution in [2.24, 2.45) is 5.73 Å². The highest BCUT2D eigenvalue weighted by Crippen LogP contribution is 2.24. The second kappa shape index (κ2) is 4.59. The van der Waals surface area contributed by atoms with Crippen LogP contribution < -0.4 is 16.0 Å². The summed E-state index contributed by atoms with van der Waals surface area (Å²) in [5.41, 5.74) is 9.71. The smallest absolute Gasteiger partial charge is 0.257 e. The molecular formula is C10H13N3O2S2. The minimum Gasteiger partial charge on any atom is -0.375 e. The van der Waals surface area contributed by atoms with Gasteiger partial charge < -0.3 is 5.73 Å². The zero-order valence-corrected chi connectivity index (χ0v) is 10.7. The lowest BCUT2D eigenvalue weighted by Gasteiger charge is -2.09. The number of sulfonamides is 1. The summed E-state index contributed by atoms with van der Waals surface area (Å²) in [7, 11) is -3.61. The number of benzene rings is 1. The fourth-order valence-corrected chi connectivity index (χ4v) is 2.91. The van der Waals surface area contributed by atoms with Crippen molar-refractivity contribution < 1.29 is 8.42 Å². The fourth-order valence-electron chi connectivity index (χ4n) is 1.89. The Bertz CT molecular complexity index is 555. The summed E-state index contributed by atoms with van der Waals surface area (Å²) in [5.74, 6) is 0. The Morgan fingerprint density at radius 1 is 1.29 bits per heavy atom. The van der Waals surface area contributed by atoms with E-state index in [9.17, 15) is 8.42 Å². The summed E-state index contributed by atoms with van der Waals surface area (Å²) >= 11 is 4.53. The fraction of sp³-hybridized carbons (Fsp3) is 0.300. The van der Waals surface area contributed by atoms with Gasteiger partial charge in [-0.3, -0.25) is 5.43 Å². The van der Waals surface area contributed by atoms with Crippen LogP contribution in [0.1, 0.15) is 17.5 Å². The van der Waals surface area contributed by atoms with Crippen molar-refractivity contribution in [3.05, 3.63) is 29.3 Å².